The molecule has 2 bridgehead atoms. The lowest BCUT2D eigenvalue weighted by molar-refractivity contribution is -0.129. The molecule has 1 unspecified atom stereocenters. The van der Waals surface area contributed by atoms with Crippen LogP contribution in [0.15, 0.2) is 21.6 Å². The topological polar surface area (TPSA) is 126 Å². The van der Waals surface area contributed by atoms with Crippen LogP contribution in [-0.2, 0) is 22.4 Å². The van der Waals surface area contributed by atoms with E-state index in [4.69, 9.17) is 5.26 Å². The van der Waals surface area contributed by atoms with Gasteiger partial charge in [0.1, 0.15) is 11.8 Å². The predicted molar refractivity (Wildman–Crippen MR) is 146 cm³/mol. The molecule has 39 heavy (non-hydrogen) atoms. The van der Waals surface area contributed by atoms with Crippen LogP contribution in [0.1, 0.15) is 55.9 Å². The summed E-state index contributed by atoms with van der Waals surface area (Å²) < 4.78 is 31.2. The number of rotatable bonds is 5. The first-order chi connectivity index (χ1) is 18.6. The van der Waals surface area contributed by atoms with Gasteiger partial charge in [0.25, 0.3) is 5.03 Å². The van der Waals surface area contributed by atoms with Crippen molar-refractivity contribution in [3.8, 4) is 6.07 Å². The van der Waals surface area contributed by atoms with Crippen LogP contribution in [0.5, 0.6) is 0 Å². The van der Waals surface area contributed by atoms with Gasteiger partial charge < -0.3 is 24.0 Å². The summed E-state index contributed by atoms with van der Waals surface area (Å²) in [6.45, 7) is 2.57. The van der Waals surface area contributed by atoms with Crippen LogP contribution in [0.2, 0.25) is 0 Å². The van der Waals surface area contributed by atoms with E-state index < -0.39 is 23.1 Å². The van der Waals surface area contributed by atoms with Gasteiger partial charge in [-0.3, -0.25) is 4.79 Å². The van der Waals surface area contributed by atoms with Crippen molar-refractivity contribution in [1.82, 2.24) is 19.4 Å². The van der Waals surface area contributed by atoms with Crippen LogP contribution in [-0.4, -0.2) is 66.4 Å². The third kappa shape index (κ3) is 3.92. The highest BCUT2D eigenvalue weighted by molar-refractivity contribution is 9.10. The Labute approximate surface area is 235 Å². The Morgan fingerprint density at radius 2 is 2.10 bits per heavy atom. The van der Waals surface area contributed by atoms with E-state index >= 15 is 4.39 Å². The van der Waals surface area contributed by atoms with Gasteiger partial charge >= 0.3 is 6.09 Å². The monoisotopic (exact) mass is 615 g/mol. The molecule has 7 rings (SSSR count). The average Bonchev–Trinajstić information content (AvgIpc) is 3.66. The number of halogens is 2. The zero-order chi connectivity index (χ0) is 27.7. The lowest BCUT2D eigenvalue weighted by Crippen LogP contribution is -2.43. The summed E-state index contributed by atoms with van der Waals surface area (Å²) >= 11 is 1.80. The standard InChI is InChI=1S/C27H27BrFN5O4S/c1-13(35)32-8-4-6-18(32)19-11-17-25(34(19)24-15-10-20(24)33(12-15)27(36)37)16-9-14(5-3-7-30)21(28)22(29)23(16)31-26(17)39(2)38/h9,11,15,18,20,24H,3-6,8,10,12H2,1-2H3,(H,36,37)/t15-,18-,20-,24+,39?/m1/s1. The fourth-order valence-electron chi connectivity index (χ4n) is 6.92. The average molecular weight is 617 g/mol. The van der Waals surface area contributed by atoms with E-state index in [1.165, 1.54) is 11.2 Å². The zero-order valence-electron chi connectivity index (χ0n) is 21.5. The maximum absolute atomic E-state index is 15.9. The van der Waals surface area contributed by atoms with E-state index in [0.717, 1.165) is 25.0 Å². The second-order valence-corrected chi connectivity index (χ2v) is 12.7. The minimum absolute atomic E-state index is 0.0471. The Balaban J connectivity index is 1.70. The molecule has 0 spiro atoms. The molecule has 3 saturated heterocycles. The molecule has 4 fully saturated rings. The van der Waals surface area contributed by atoms with Gasteiger partial charge in [0.05, 0.1) is 39.6 Å². The van der Waals surface area contributed by atoms with E-state index in [0.29, 0.717) is 41.4 Å². The normalized spacial score (nSPS) is 24.8. The van der Waals surface area contributed by atoms with Gasteiger partial charge in [-0.2, -0.15) is 10.2 Å². The highest BCUT2D eigenvalue weighted by Crippen LogP contribution is 2.53. The quantitative estimate of drug-likeness (QED) is 0.407. The number of pyridine rings is 1. The first-order valence-electron chi connectivity index (χ1n) is 13.0. The zero-order valence-corrected chi connectivity index (χ0v) is 23.9. The molecular formula is C27H27BrFN5O4S. The van der Waals surface area contributed by atoms with Crippen LogP contribution in [0, 0.1) is 23.1 Å². The lowest BCUT2D eigenvalue weighted by Gasteiger charge is -2.40. The van der Waals surface area contributed by atoms with Crippen molar-refractivity contribution in [3.05, 3.63) is 33.7 Å². The third-order valence-electron chi connectivity index (χ3n) is 8.60. The van der Waals surface area contributed by atoms with E-state index in [2.05, 4.69) is 31.6 Å². The number of benzene rings is 1. The summed E-state index contributed by atoms with van der Waals surface area (Å²) in [5.74, 6) is -0.558. The molecule has 2 amide bonds. The summed E-state index contributed by atoms with van der Waals surface area (Å²) in [4.78, 5) is 32.5. The van der Waals surface area contributed by atoms with Crippen molar-refractivity contribution >= 4 is 60.9 Å². The summed E-state index contributed by atoms with van der Waals surface area (Å²) in [7, 11) is 0. The predicted octanol–water partition coefficient (Wildman–Crippen LogP) is 4.89. The summed E-state index contributed by atoms with van der Waals surface area (Å²) in [6, 6.07) is 5.21. The molecule has 0 radical (unpaired) electrons. The summed E-state index contributed by atoms with van der Waals surface area (Å²) in [5, 5.41) is 20.4. The lowest BCUT2D eigenvalue weighted by atomic mass is 9.79. The fraction of sp³-hybridized carbons (Fsp3) is 0.481. The molecule has 1 N–H and O–H groups in total. The number of carbonyl (C=O) groups excluding carboxylic acids is 1. The van der Waals surface area contributed by atoms with Gasteiger partial charge in [-0.15, -0.1) is 0 Å². The Morgan fingerprint density at radius 1 is 1.33 bits per heavy atom. The van der Waals surface area contributed by atoms with Gasteiger partial charge in [-0.1, -0.05) is 0 Å². The maximum Gasteiger partial charge on any atom is 0.407 e. The number of aryl methyl sites for hydroxylation is 1. The second kappa shape index (κ2) is 9.64. The van der Waals surface area contributed by atoms with Crippen LogP contribution in [0.25, 0.3) is 21.8 Å². The van der Waals surface area contributed by atoms with Crippen molar-refractivity contribution in [3.63, 3.8) is 0 Å². The van der Waals surface area contributed by atoms with Crippen LogP contribution < -0.4 is 0 Å². The molecule has 5 atom stereocenters. The smallest absolute Gasteiger partial charge is 0.407 e. The van der Waals surface area contributed by atoms with Gasteiger partial charge in [0.15, 0.2) is 5.82 Å². The number of hydrogen-bond acceptors (Lipinski definition) is 5. The molecule has 204 valence electrons. The second-order valence-electron chi connectivity index (χ2n) is 10.6. The highest BCUT2D eigenvalue weighted by Gasteiger charge is 2.56. The Kier molecular flexibility index (Phi) is 6.51. The molecule has 1 aromatic carbocycles. The third-order valence-corrected chi connectivity index (χ3v) is 10.3. The summed E-state index contributed by atoms with van der Waals surface area (Å²) in [6.07, 6.45) is 3.39. The molecule has 3 aliphatic heterocycles. The number of fused-ring (bicyclic) bond motifs is 4. The maximum atomic E-state index is 15.9. The van der Waals surface area contributed by atoms with E-state index in [1.54, 1.807) is 6.92 Å². The number of nitrogens with zero attached hydrogens (tertiary/aromatic N) is 5. The first-order valence-corrected chi connectivity index (χ1v) is 15.3. The largest absolute Gasteiger partial charge is 0.610 e. The van der Waals surface area contributed by atoms with E-state index in [-0.39, 0.29) is 51.4 Å². The Hall–Kier alpha value is -2.88. The highest BCUT2D eigenvalue weighted by atomic mass is 79.9. The van der Waals surface area contributed by atoms with Crippen LogP contribution in [0.3, 0.4) is 0 Å². The Morgan fingerprint density at radius 3 is 2.74 bits per heavy atom. The number of nitriles is 1. The van der Waals surface area contributed by atoms with Crippen molar-refractivity contribution in [1.29, 1.82) is 5.26 Å². The van der Waals surface area contributed by atoms with Gasteiger partial charge in [0, 0.05) is 54.6 Å². The molecule has 1 aliphatic carbocycles. The SMILES string of the molecule is CC(=O)N1CCC[C@@H]1c1cc2c([S+](C)[O-])nc3c(F)c(Br)c(CCC#N)cc3c2n1[C@H]1[C@@H]2C[C@H]1N(C(=O)O)C2. The number of likely N-dealkylation sites (tertiary alicyclic amines) is 1. The summed E-state index contributed by atoms with van der Waals surface area (Å²) in [5.41, 5.74) is 2.20. The minimum atomic E-state index is -1.55. The molecule has 3 aromatic rings. The van der Waals surface area contributed by atoms with Crippen molar-refractivity contribution in [2.24, 2.45) is 5.92 Å². The van der Waals surface area contributed by atoms with Crippen LogP contribution in [0.4, 0.5) is 9.18 Å². The number of hydrogen-bond donors (Lipinski definition) is 1. The fourth-order valence-corrected chi connectivity index (χ4v) is 8.10. The number of amides is 2. The van der Waals surface area contributed by atoms with Gasteiger partial charge in [-0.05, 0) is 59.3 Å². The van der Waals surface area contributed by atoms with Crippen molar-refractivity contribution in [2.75, 3.05) is 19.3 Å². The van der Waals surface area contributed by atoms with E-state index in [9.17, 15) is 19.2 Å². The first kappa shape index (κ1) is 26.3. The van der Waals surface area contributed by atoms with Crippen molar-refractivity contribution < 1.29 is 23.6 Å². The molecule has 5 heterocycles. The molecule has 12 heteroatoms. The Bertz CT molecular complexity index is 1590. The van der Waals surface area contributed by atoms with Crippen molar-refractivity contribution in [2.45, 2.75) is 62.2 Å². The molecule has 2 aromatic heterocycles. The molecule has 4 aliphatic rings. The molecule has 9 nitrogen and oxygen atoms in total. The molecular weight excluding hydrogens is 589 g/mol. The van der Waals surface area contributed by atoms with E-state index in [1.807, 2.05) is 17.0 Å². The minimum Gasteiger partial charge on any atom is -0.610 e. The van der Waals surface area contributed by atoms with Crippen LogP contribution >= 0.6 is 15.9 Å². The number of carboxylic acid groups (broad SMARTS) is 1. The molecule has 1 saturated carbocycles. The van der Waals surface area contributed by atoms with Gasteiger partial charge in [0.2, 0.25) is 5.91 Å². The van der Waals surface area contributed by atoms with Gasteiger partial charge in [-0.25, -0.2) is 9.18 Å². The number of carbonyl (C=O) groups is 2. The number of aromatic nitrogens is 2.